The van der Waals surface area contributed by atoms with Crippen molar-refractivity contribution in [2.45, 2.75) is 13.1 Å². The van der Waals surface area contributed by atoms with Gasteiger partial charge in [0.2, 0.25) is 0 Å². The maximum atomic E-state index is 13.2. The summed E-state index contributed by atoms with van der Waals surface area (Å²) in [6.45, 7) is 0.667. The number of aromatic nitrogens is 3. The first kappa shape index (κ1) is 17.4. The van der Waals surface area contributed by atoms with E-state index in [1.807, 2.05) is 10.6 Å². The summed E-state index contributed by atoms with van der Waals surface area (Å²) in [4.78, 5) is 21.2. The molecule has 0 spiro atoms. The van der Waals surface area contributed by atoms with Crippen LogP contribution in [0.2, 0.25) is 0 Å². The Balaban J connectivity index is 1.61. The predicted molar refractivity (Wildman–Crippen MR) is 101 cm³/mol. The fourth-order valence-electron chi connectivity index (χ4n) is 2.76. The van der Waals surface area contributed by atoms with Crippen LogP contribution in [0.15, 0.2) is 63.8 Å². The van der Waals surface area contributed by atoms with E-state index in [4.69, 9.17) is 4.42 Å². The Hall–Kier alpha value is -3.00. The van der Waals surface area contributed by atoms with Gasteiger partial charge in [-0.05, 0) is 57.9 Å². The van der Waals surface area contributed by atoms with Gasteiger partial charge >= 0.3 is 0 Å². The van der Waals surface area contributed by atoms with Crippen LogP contribution in [-0.2, 0) is 13.1 Å². The van der Waals surface area contributed by atoms with Crippen molar-refractivity contribution < 1.29 is 13.6 Å². The zero-order valence-corrected chi connectivity index (χ0v) is 15.6. The third-order valence-electron chi connectivity index (χ3n) is 4.04. The van der Waals surface area contributed by atoms with Crippen molar-refractivity contribution in [1.82, 2.24) is 19.9 Å². The van der Waals surface area contributed by atoms with E-state index in [1.165, 1.54) is 12.1 Å². The highest BCUT2D eigenvalue weighted by Gasteiger charge is 2.15. The lowest BCUT2D eigenvalue weighted by atomic mass is 10.2. The van der Waals surface area contributed by atoms with Crippen molar-refractivity contribution in [3.05, 3.63) is 82.4 Å². The number of nitrogens with one attached hydrogen (secondary N) is 1. The van der Waals surface area contributed by atoms with Crippen molar-refractivity contribution in [3.63, 3.8) is 0 Å². The first-order valence-corrected chi connectivity index (χ1v) is 8.97. The van der Waals surface area contributed by atoms with E-state index in [2.05, 4.69) is 31.2 Å². The quantitative estimate of drug-likeness (QED) is 0.522. The molecule has 1 aromatic carbocycles. The Morgan fingerprint density at radius 3 is 2.74 bits per heavy atom. The van der Waals surface area contributed by atoms with Gasteiger partial charge in [0.15, 0.2) is 16.1 Å². The molecule has 0 aliphatic heterocycles. The van der Waals surface area contributed by atoms with Gasteiger partial charge in [-0.3, -0.25) is 4.79 Å². The Kier molecular flexibility index (Phi) is 4.72. The number of benzene rings is 1. The van der Waals surface area contributed by atoms with Gasteiger partial charge in [-0.25, -0.2) is 14.4 Å². The van der Waals surface area contributed by atoms with E-state index < -0.39 is 0 Å². The van der Waals surface area contributed by atoms with Crippen molar-refractivity contribution in [2.24, 2.45) is 0 Å². The Bertz CT molecular complexity index is 1100. The fourth-order valence-corrected chi connectivity index (χ4v) is 3.07. The number of carbonyl (C=O) groups excluding carboxylic acids is 1. The van der Waals surface area contributed by atoms with Crippen LogP contribution in [0.3, 0.4) is 0 Å². The molecule has 0 radical (unpaired) electrons. The number of pyridine rings is 1. The lowest BCUT2D eigenvalue weighted by molar-refractivity contribution is 0.0920. The molecule has 3 aromatic heterocycles. The van der Waals surface area contributed by atoms with Gasteiger partial charge in [-0.15, -0.1) is 0 Å². The predicted octanol–water partition coefficient (Wildman–Crippen LogP) is 3.90. The molecule has 6 nitrogen and oxygen atoms in total. The Morgan fingerprint density at radius 1 is 1.19 bits per heavy atom. The maximum absolute atomic E-state index is 13.2. The highest BCUT2D eigenvalue weighted by molar-refractivity contribution is 9.10. The molecule has 0 bridgehead atoms. The number of halogens is 2. The fraction of sp³-hybridized carbons (Fsp3) is 0.105. The minimum absolute atomic E-state index is 0.203. The number of nitrogens with zero attached hydrogens (tertiary/aromatic N) is 3. The van der Waals surface area contributed by atoms with Gasteiger partial charge < -0.3 is 14.3 Å². The van der Waals surface area contributed by atoms with Crippen LogP contribution in [0.5, 0.6) is 0 Å². The number of rotatable bonds is 5. The highest BCUT2D eigenvalue weighted by Crippen LogP contribution is 2.17. The smallest absolute Gasteiger partial charge is 0.287 e. The molecule has 1 amide bonds. The summed E-state index contributed by atoms with van der Waals surface area (Å²) < 4.78 is 20.8. The summed E-state index contributed by atoms with van der Waals surface area (Å²) in [6.07, 6.45) is 1.69. The van der Waals surface area contributed by atoms with E-state index >= 15 is 0 Å². The summed E-state index contributed by atoms with van der Waals surface area (Å²) in [5.74, 6) is 0.228. The number of furan rings is 1. The van der Waals surface area contributed by atoms with Crippen molar-refractivity contribution >= 4 is 33.0 Å². The second-order valence-electron chi connectivity index (χ2n) is 5.87. The molecule has 1 N–H and O–H groups in total. The van der Waals surface area contributed by atoms with E-state index in [9.17, 15) is 9.18 Å². The number of hydrogen-bond acceptors (Lipinski definition) is 4. The molecule has 4 rings (SSSR count). The highest BCUT2D eigenvalue weighted by atomic mass is 79.9. The summed E-state index contributed by atoms with van der Waals surface area (Å²) in [5.41, 5.74) is 2.33. The summed E-state index contributed by atoms with van der Waals surface area (Å²) >= 11 is 3.18. The van der Waals surface area contributed by atoms with Gasteiger partial charge in [0, 0.05) is 6.20 Å². The minimum Gasteiger partial charge on any atom is -0.444 e. The normalized spacial score (nSPS) is 11.0. The van der Waals surface area contributed by atoms with Gasteiger partial charge in [-0.2, -0.15) is 0 Å². The summed E-state index contributed by atoms with van der Waals surface area (Å²) in [7, 11) is 0. The number of fused-ring (bicyclic) bond motifs is 1. The lowest BCUT2D eigenvalue weighted by Gasteiger charge is -2.09. The summed E-state index contributed by atoms with van der Waals surface area (Å²) in [5, 5.41) is 2.80. The molecule has 0 atom stereocenters. The van der Waals surface area contributed by atoms with Crippen LogP contribution in [0, 0.1) is 5.82 Å². The first-order valence-electron chi connectivity index (χ1n) is 8.18. The molecule has 8 heteroatoms. The minimum atomic E-state index is -0.339. The third kappa shape index (κ3) is 3.75. The van der Waals surface area contributed by atoms with Crippen LogP contribution in [0.25, 0.3) is 11.2 Å². The molecule has 0 saturated heterocycles. The standard InChI is InChI=1S/C19H14BrFN4O2/c20-16-8-7-15(27-16)19(26)23-10-17-24-14-2-1-9-22-18(14)25(17)11-12-3-5-13(21)6-4-12/h1-9H,10-11H2,(H,23,26). The first-order chi connectivity index (χ1) is 13.1. The SMILES string of the molecule is O=C(NCc1nc2cccnc2n1Cc1ccc(F)cc1)c1ccc(Br)o1. The van der Waals surface area contributed by atoms with E-state index in [0.29, 0.717) is 22.7 Å². The molecule has 136 valence electrons. The van der Waals surface area contributed by atoms with Crippen LogP contribution in [-0.4, -0.2) is 20.4 Å². The van der Waals surface area contributed by atoms with Crippen molar-refractivity contribution in [3.8, 4) is 0 Å². The van der Waals surface area contributed by atoms with Gasteiger partial charge in [0.25, 0.3) is 5.91 Å². The molecule has 0 aliphatic rings. The molecule has 0 aliphatic carbocycles. The van der Waals surface area contributed by atoms with Crippen molar-refractivity contribution in [2.75, 3.05) is 0 Å². The Labute approximate surface area is 162 Å². The molecule has 0 saturated carbocycles. The van der Waals surface area contributed by atoms with Gasteiger partial charge in [-0.1, -0.05) is 12.1 Å². The third-order valence-corrected chi connectivity index (χ3v) is 4.47. The molecule has 27 heavy (non-hydrogen) atoms. The zero-order chi connectivity index (χ0) is 18.8. The number of hydrogen-bond donors (Lipinski definition) is 1. The second kappa shape index (κ2) is 7.32. The average Bonchev–Trinajstić information content (AvgIpc) is 3.26. The molecule has 0 fully saturated rings. The van der Waals surface area contributed by atoms with Gasteiger partial charge in [0.1, 0.15) is 17.2 Å². The second-order valence-corrected chi connectivity index (χ2v) is 6.65. The number of imidazole rings is 1. The Morgan fingerprint density at radius 2 is 2.00 bits per heavy atom. The number of carbonyl (C=O) groups is 1. The van der Waals surface area contributed by atoms with Crippen LogP contribution >= 0.6 is 15.9 Å². The van der Waals surface area contributed by atoms with E-state index in [-0.39, 0.29) is 24.0 Å². The molecule has 0 unspecified atom stereocenters. The van der Waals surface area contributed by atoms with E-state index in [0.717, 1.165) is 11.1 Å². The molecule has 4 aromatic rings. The molecular formula is C19H14BrFN4O2. The average molecular weight is 429 g/mol. The lowest BCUT2D eigenvalue weighted by Crippen LogP contribution is -2.24. The van der Waals surface area contributed by atoms with Gasteiger partial charge in [0.05, 0.1) is 13.1 Å². The topological polar surface area (TPSA) is 73.0 Å². The monoisotopic (exact) mass is 428 g/mol. The molecule has 3 heterocycles. The van der Waals surface area contributed by atoms with Crippen molar-refractivity contribution in [1.29, 1.82) is 0 Å². The van der Waals surface area contributed by atoms with E-state index in [1.54, 1.807) is 36.5 Å². The molecular weight excluding hydrogens is 415 g/mol. The largest absolute Gasteiger partial charge is 0.444 e. The van der Waals surface area contributed by atoms with Crippen LogP contribution < -0.4 is 5.32 Å². The maximum Gasteiger partial charge on any atom is 0.287 e. The number of amides is 1. The zero-order valence-electron chi connectivity index (χ0n) is 14.0. The van der Waals surface area contributed by atoms with Crippen LogP contribution in [0.4, 0.5) is 4.39 Å². The van der Waals surface area contributed by atoms with Crippen LogP contribution in [0.1, 0.15) is 21.9 Å². The summed E-state index contributed by atoms with van der Waals surface area (Å²) in [6, 6.07) is 13.2.